The Hall–Kier alpha value is -2.89. The summed E-state index contributed by atoms with van der Waals surface area (Å²) in [5.41, 5.74) is 7.61. The Bertz CT molecular complexity index is 842. The molecule has 0 bridgehead atoms. The van der Waals surface area contributed by atoms with Gasteiger partial charge in [-0.1, -0.05) is 37.0 Å². The fraction of sp³-hybridized carbons (Fsp3) is 0.435. The second-order valence-electron chi connectivity index (χ2n) is 8.09. The standard InChI is InChI=1S/C23H30N4O2/c1-17-6-5-7-18(14-17)22(29)25-13-12-23(10-3-2-4-11-23)16-27-20-9-8-19(15-26-20)21(24)28/h5-9,14-15H,2-4,10-13,16H2,1H3,(H2,24,28)(H,25,29)(H,26,27). The van der Waals surface area contributed by atoms with E-state index < -0.39 is 5.91 Å². The number of rotatable bonds is 8. The fourth-order valence-corrected chi connectivity index (χ4v) is 4.07. The first-order chi connectivity index (χ1) is 14.0. The van der Waals surface area contributed by atoms with E-state index in [9.17, 15) is 9.59 Å². The molecule has 0 unspecified atom stereocenters. The SMILES string of the molecule is Cc1cccc(C(=O)NCCC2(CNc3ccc(C(N)=O)cn3)CCCCC2)c1. The van der Waals surface area contributed by atoms with Crippen molar-refractivity contribution in [3.63, 3.8) is 0 Å². The van der Waals surface area contributed by atoms with E-state index in [1.807, 2.05) is 31.2 Å². The number of pyridine rings is 1. The van der Waals surface area contributed by atoms with E-state index in [4.69, 9.17) is 5.73 Å². The van der Waals surface area contributed by atoms with E-state index in [2.05, 4.69) is 15.6 Å². The van der Waals surface area contributed by atoms with Crippen LogP contribution >= 0.6 is 0 Å². The van der Waals surface area contributed by atoms with Gasteiger partial charge in [0, 0.05) is 24.8 Å². The van der Waals surface area contributed by atoms with Crippen LogP contribution in [0.2, 0.25) is 0 Å². The number of hydrogen-bond donors (Lipinski definition) is 3. The molecule has 1 saturated carbocycles. The quantitative estimate of drug-likeness (QED) is 0.636. The maximum absolute atomic E-state index is 12.4. The van der Waals surface area contributed by atoms with Gasteiger partial charge in [-0.25, -0.2) is 4.98 Å². The highest BCUT2D eigenvalue weighted by Crippen LogP contribution is 2.39. The minimum atomic E-state index is -0.475. The summed E-state index contributed by atoms with van der Waals surface area (Å²) in [7, 11) is 0. The van der Waals surface area contributed by atoms with Crippen LogP contribution in [0.25, 0.3) is 0 Å². The number of nitrogens with one attached hydrogen (secondary N) is 2. The average Bonchev–Trinajstić information content (AvgIpc) is 2.73. The maximum Gasteiger partial charge on any atom is 0.251 e. The molecule has 6 heteroatoms. The van der Waals surface area contributed by atoms with Crippen molar-refractivity contribution in [1.82, 2.24) is 10.3 Å². The van der Waals surface area contributed by atoms with Crippen LogP contribution in [-0.4, -0.2) is 29.9 Å². The van der Waals surface area contributed by atoms with Crippen LogP contribution < -0.4 is 16.4 Å². The molecule has 2 aromatic rings. The molecule has 0 atom stereocenters. The van der Waals surface area contributed by atoms with Gasteiger partial charge in [-0.05, 0) is 55.9 Å². The molecule has 6 nitrogen and oxygen atoms in total. The summed E-state index contributed by atoms with van der Waals surface area (Å²) in [5.74, 6) is 0.247. The summed E-state index contributed by atoms with van der Waals surface area (Å²) >= 11 is 0. The largest absolute Gasteiger partial charge is 0.370 e. The van der Waals surface area contributed by atoms with Crippen LogP contribution in [-0.2, 0) is 0 Å². The lowest BCUT2D eigenvalue weighted by Gasteiger charge is -2.38. The molecule has 1 aliphatic carbocycles. The number of carbonyl (C=O) groups is 2. The lowest BCUT2D eigenvalue weighted by Crippen LogP contribution is -2.37. The predicted octanol–water partition coefficient (Wildman–Crippen LogP) is 3.67. The first kappa shape index (κ1) is 20.8. The summed E-state index contributed by atoms with van der Waals surface area (Å²) in [6.07, 6.45) is 8.39. The van der Waals surface area contributed by atoms with E-state index in [0.29, 0.717) is 17.7 Å². The molecule has 1 fully saturated rings. The smallest absolute Gasteiger partial charge is 0.251 e. The van der Waals surface area contributed by atoms with E-state index in [1.165, 1.54) is 25.5 Å². The lowest BCUT2D eigenvalue weighted by molar-refractivity contribution is 0.0940. The second-order valence-corrected chi connectivity index (χ2v) is 8.09. The number of aromatic nitrogens is 1. The Labute approximate surface area is 172 Å². The Morgan fingerprint density at radius 3 is 2.55 bits per heavy atom. The first-order valence-electron chi connectivity index (χ1n) is 10.3. The Morgan fingerprint density at radius 2 is 1.90 bits per heavy atom. The van der Waals surface area contributed by atoms with Crippen LogP contribution in [0.3, 0.4) is 0 Å². The van der Waals surface area contributed by atoms with Gasteiger partial charge in [0.15, 0.2) is 0 Å². The molecular weight excluding hydrogens is 364 g/mol. The summed E-state index contributed by atoms with van der Waals surface area (Å²) in [4.78, 5) is 27.9. The predicted molar refractivity (Wildman–Crippen MR) is 115 cm³/mol. The molecule has 0 aliphatic heterocycles. The van der Waals surface area contributed by atoms with Gasteiger partial charge in [0.2, 0.25) is 5.91 Å². The average molecular weight is 395 g/mol. The maximum atomic E-state index is 12.4. The van der Waals surface area contributed by atoms with Crippen molar-refractivity contribution in [2.45, 2.75) is 45.4 Å². The zero-order valence-electron chi connectivity index (χ0n) is 17.0. The molecule has 1 aromatic heterocycles. The number of carbonyl (C=O) groups excluding carboxylic acids is 2. The van der Waals surface area contributed by atoms with Crippen molar-refractivity contribution in [3.05, 3.63) is 59.3 Å². The molecule has 4 N–H and O–H groups in total. The number of amides is 2. The third kappa shape index (κ3) is 5.79. The van der Waals surface area contributed by atoms with E-state index in [1.54, 1.807) is 12.1 Å². The Morgan fingerprint density at radius 1 is 1.10 bits per heavy atom. The van der Waals surface area contributed by atoms with Gasteiger partial charge in [0.05, 0.1) is 5.56 Å². The van der Waals surface area contributed by atoms with Crippen LogP contribution in [0.4, 0.5) is 5.82 Å². The number of nitrogens with zero attached hydrogens (tertiary/aromatic N) is 1. The molecule has 1 aromatic carbocycles. The van der Waals surface area contributed by atoms with Crippen molar-refractivity contribution in [3.8, 4) is 0 Å². The molecule has 1 aliphatic rings. The summed E-state index contributed by atoms with van der Waals surface area (Å²) < 4.78 is 0. The van der Waals surface area contributed by atoms with Crippen molar-refractivity contribution in [2.75, 3.05) is 18.4 Å². The molecule has 3 rings (SSSR count). The monoisotopic (exact) mass is 394 g/mol. The fourth-order valence-electron chi connectivity index (χ4n) is 4.07. The second kappa shape index (κ2) is 9.54. The topological polar surface area (TPSA) is 97.1 Å². The molecule has 0 spiro atoms. The third-order valence-electron chi connectivity index (χ3n) is 5.83. The molecule has 1 heterocycles. The summed E-state index contributed by atoms with van der Waals surface area (Å²) in [6, 6.07) is 11.1. The number of hydrogen-bond acceptors (Lipinski definition) is 4. The molecular formula is C23H30N4O2. The minimum absolute atomic E-state index is 0.0173. The Kier molecular flexibility index (Phi) is 6.86. The van der Waals surface area contributed by atoms with Crippen molar-refractivity contribution >= 4 is 17.6 Å². The van der Waals surface area contributed by atoms with Crippen molar-refractivity contribution in [2.24, 2.45) is 11.1 Å². The highest BCUT2D eigenvalue weighted by molar-refractivity contribution is 5.94. The van der Waals surface area contributed by atoms with Crippen molar-refractivity contribution in [1.29, 1.82) is 0 Å². The van der Waals surface area contributed by atoms with Crippen LogP contribution in [0.5, 0.6) is 0 Å². The van der Waals surface area contributed by atoms with Gasteiger partial charge in [0.25, 0.3) is 5.91 Å². The van der Waals surface area contributed by atoms with Crippen molar-refractivity contribution < 1.29 is 9.59 Å². The van der Waals surface area contributed by atoms with Gasteiger partial charge < -0.3 is 16.4 Å². The molecule has 0 radical (unpaired) electrons. The minimum Gasteiger partial charge on any atom is -0.370 e. The normalized spacial score (nSPS) is 15.5. The number of nitrogens with two attached hydrogens (primary N) is 1. The van der Waals surface area contributed by atoms with Gasteiger partial charge in [-0.3, -0.25) is 9.59 Å². The van der Waals surface area contributed by atoms with E-state index in [-0.39, 0.29) is 11.3 Å². The van der Waals surface area contributed by atoms with Crippen LogP contribution in [0.1, 0.15) is 64.8 Å². The van der Waals surface area contributed by atoms with E-state index in [0.717, 1.165) is 37.2 Å². The highest BCUT2D eigenvalue weighted by atomic mass is 16.2. The van der Waals surface area contributed by atoms with Crippen LogP contribution in [0, 0.1) is 12.3 Å². The van der Waals surface area contributed by atoms with Gasteiger partial charge >= 0.3 is 0 Å². The first-order valence-corrected chi connectivity index (χ1v) is 10.3. The molecule has 0 saturated heterocycles. The summed E-state index contributed by atoms with van der Waals surface area (Å²) in [6.45, 7) is 3.45. The van der Waals surface area contributed by atoms with Gasteiger partial charge in [-0.15, -0.1) is 0 Å². The zero-order valence-corrected chi connectivity index (χ0v) is 17.0. The molecule has 154 valence electrons. The Balaban J connectivity index is 1.56. The number of anilines is 1. The van der Waals surface area contributed by atoms with E-state index >= 15 is 0 Å². The summed E-state index contributed by atoms with van der Waals surface area (Å²) in [5, 5.41) is 6.51. The number of aryl methyl sites for hydroxylation is 1. The lowest BCUT2D eigenvalue weighted by atomic mass is 9.71. The number of primary amides is 1. The third-order valence-corrected chi connectivity index (χ3v) is 5.83. The van der Waals surface area contributed by atoms with Gasteiger partial charge in [0.1, 0.15) is 5.82 Å². The van der Waals surface area contributed by atoms with Gasteiger partial charge in [-0.2, -0.15) is 0 Å². The van der Waals surface area contributed by atoms with Crippen LogP contribution in [0.15, 0.2) is 42.6 Å². The highest BCUT2D eigenvalue weighted by Gasteiger charge is 2.31. The molecule has 29 heavy (non-hydrogen) atoms. The number of benzene rings is 1. The zero-order chi connectivity index (χ0) is 20.7. The molecule has 2 amide bonds.